The highest BCUT2D eigenvalue weighted by Gasteiger charge is 2.11. The van der Waals surface area contributed by atoms with E-state index in [9.17, 15) is 4.79 Å². The van der Waals surface area contributed by atoms with Gasteiger partial charge in [0.05, 0.1) is 0 Å². The van der Waals surface area contributed by atoms with Crippen LogP contribution in [-0.4, -0.2) is 41.8 Å². The highest BCUT2D eigenvalue weighted by molar-refractivity contribution is 9.10. The van der Waals surface area contributed by atoms with Crippen molar-refractivity contribution in [3.8, 4) is 0 Å². The van der Waals surface area contributed by atoms with Crippen LogP contribution in [0.3, 0.4) is 0 Å². The predicted octanol–water partition coefficient (Wildman–Crippen LogP) is 3.46. The minimum absolute atomic E-state index is 0.258. The molecule has 18 heavy (non-hydrogen) atoms. The molecule has 1 aliphatic rings. The molecular weight excluding hydrogens is 310 g/mol. The Kier molecular flexibility index (Phi) is 5.73. The van der Waals surface area contributed by atoms with Gasteiger partial charge in [-0.25, -0.2) is 0 Å². The quantitative estimate of drug-likeness (QED) is 0.772. The summed E-state index contributed by atoms with van der Waals surface area (Å²) in [6, 6.07) is 7.64. The molecule has 0 bridgehead atoms. The number of thioether (sulfide) groups is 1. The van der Waals surface area contributed by atoms with Crippen LogP contribution in [0.2, 0.25) is 0 Å². The molecule has 0 radical (unpaired) electrons. The summed E-state index contributed by atoms with van der Waals surface area (Å²) in [6.45, 7) is 3.41. The van der Waals surface area contributed by atoms with Crippen molar-refractivity contribution in [3.05, 3.63) is 34.3 Å². The van der Waals surface area contributed by atoms with Gasteiger partial charge in [0, 0.05) is 41.1 Å². The molecule has 1 fully saturated rings. The summed E-state index contributed by atoms with van der Waals surface area (Å²) in [5, 5.41) is 0. The average molecular weight is 328 g/mol. The lowest BCUT2D eigenvalue weighted by molar-refractivity contribution is 0.0975. The summed E-state index contributed by atoms with van der Waals surface area (Å²) < 4.78 is 1.02. The molecule has 0 amide bonds. The first-order valence-corrected chi connectivity index (χ1v) is 8.29. The van der Waals surface area contributed by atoms with Crippen LogP contribution in [0, 0.1) is 0 Å². The van der Waals surface area contributed by atoms with Crippen LogP contribution in [0.5, 0.6) is 0 Å². The molecule has 2 nitrogen and oxygen atoms in total. The van der Waals surface area contributed by atoms with E-state index in [1.165, 1.54) is 24.6 Å². The molecule has 98 valence electrons. The number of carbonyl (C=O) groups excluding carboxylic acids is 1. The number of hydrogen-bond donors (Lipinski definition) is 0. The molecule has 1 heterocycles. The average Bonchev–Trinajstić information content (AvgIpc) is 2.40. The number of benzene rings is 1. The molecule has 0 atom stereocenters. The molecule has 4 heteroatoms. The largest absolute Gasteiger partial charge is 0.302 e. The second-order valence-electron chi connectivity index (χ2n) is 4.49. The van der Waals surface area contributed by atoms with E-state index in [4.69, 9.17) is 0 Å². The standard InChI is InChI=1S/C14H18BrNOS/c15-13-5-3-12(4-6-13)14(17)2-1-7-16-8-10-18-11-9-16/h3-6H,1-2,7-11H2. The highest BCUT2D eigenvalue weighted by Crippen LogP contribution is 2.14. The number of Topliss-reactive ketones (excluding diaryl/α,β-unsaturated/α-hetero) is 1. The van der Waals surface area contributed by atoms with Crippen LogP contribution in [0.15, 0.2) is 28.7 Å². The molecule has 0 N–H and O–H groups in total. The number of carbonyl (C=O) groups is 1. The Balaban J connectivity index is 1.72. The molecule has 1 aromatic rings. The minimum Gasteiger partial charge on any atom is -0.302 e. The Hall–Kier alpha value is -0.320. The third-order valence-corrected chi connectivity index (χ3v) is 4.62. The van der Waals surface area contributed by atoms with Gasteiger partial charge in [-0.2, -0.15) is 11.8 Å². The van der Waals surface area contributed by atoms with Gasteiger partial charge in [0.2, 0.25) is 0 Å². The fraction of sp³-hybridized carbons (Fsp3) is 0.500. The zero-order valence-corrected chi connectivity index (χ0v) is 12.8. The van der Waals surface area contributed by atoms with Gasteiger partial charge in [-0.1, -0.05) is 28.1 Å². The Bertz CT molecular complexity index is 387. The Labute approximate surface area is 121 Å². The number of ketones is 1. The summed E-state index contributed by atoms with van der Waals surface area (Å²) in [5.41, 5.74) is 0.826. The van der Waals surface area contributed by atoms with Crippen molar-refractivity contribution in [1.29, 1.82) is 0 Å². The van der Waals surface area contributed by atoms with E-state index in [-0.39, 0.29) is 5.78 Å². The van der Waals surface area contributed by atoms with Crippen LogP contribution in [-0.2, 0) is 0 Å². The molecule has 2 rings (SSSR count). The lowest BCUT2D eigenvalue weighted by Crippen LogP contribution is -2.33. The molecular formula is C14H18BrNOS. The monoisotopic (exact) mass is 327 g/mol. The van der Waals surface area contributed by atoms with Crippen molar-refractivity contribution >= 4 is 33.5 Å². The highest BCUT2D eigenvalue weighted by atomic mass is 79.9. The summed E-state index contributed by atoms with van der Waals surface area (Å²) in [7, 11) is 0. The Morgan fingerprint density at radius 3 is 2.56 bits per heavy atom. The smallest absolute Gasteiger partial charge is 0.162 e. The van der Waals surface area contributed by atoms with Gasteiger partial charge in [-0.15, -0.1) is 0 Å². The topological polar surface area (TPSA) is 20.3 Å². The maximum Gasteiger partial charge on any atom is 0.162 e. The van der Waals surface area contributed by atoms with Gasteiger partial charge in [0.15, 0.2) is 5.78 Å². The molecule has 1 aromatic carbocycles. The Morgan fingerprint density at radius 1 is 1.22 bits per heavy atom. The first-order valence-electron chi connectivity index (χ1n) is 6.34. The van der Waals surface area contributed by atoms with E-state index in [0.717, 1.165) is 23.0 Å². The van der Waals surface area contributed by atoms with E-state index >= 15 is 0 Å². The summed E-state index contributed by atoms with van der Waals surface area (Å²) in [6.07, 6.45) is 1.63. The number of rotatable bonds is 5. The van der Waals surface area contributed by atoms with Crippen LogP contribution in [0.25, 0.3) is 0 Å². The van der Waals surface area contributed by atoms with Crippen LogP contribution >= 0.6 is 27.7 Å². The normalized spacial score (nSPS) is 16.7. The number of halogens is 1. The third kappa shape index (κ3) is 4.41. The van der Waals surface area contributed by atoms with Gasteiger partial charge < -0.3 is 4.90 Å². The van der Waals surface area contributed by atoms with Gasteiger partial charge in [0.1, 0.15) is 0 Å². The zero-order valence-electron chi connectivity index (χ0n) is 10.4. The zero-order chi connectivity index (χ0) is 12.8. The van der Waals surface area contributed by atoms with Gasteiger partial charge in [0.25, 0.3) is 0 Å². The lowest BCUT2D eigenvalue weighted by atomic mass is 10.1. The second kappa shape index (κ2) is 7.31. The summed E-state index contributed by atoms with van der Waals surface area (Å²) in [4.78, 5) is 14.4. The molecule has 0 unspecified atom stereocenters. The van der Waals surface area contributed by atoms with Crippen molar-refractivity contribution in [1.82, 2.24) is 4.90 Å². The van der Waals surface area contributed by atoms with Gasteiger partial charge in [-0.05, 0) is 25.1 Å². The van der Waals surface area contributed by atoms with E-state index in [0.29, 0.717) is 6.42 Å². The van der Waals surface area contributed by atoms with Gasteiger partial charge >= 0.3 is 0 Å². The van der Waals surface area contributed by atoms with Crippen molar-refractivity contribution in [3.63, 3.8) is 0 Å². The van der Waals surface area contributed by atoms with E-state index in [1.807, 2.05) is 36.0 Å². The number of nitrogens with zero attached hydrogens (tertiary/aromatic N) is 1. The molecule has 1 saturated heterocycles. The number of hydrogen-bond acceptors (Lipinski definition) is 3. The van der Waals surface area contributed by atoms with Crippen LogP contribution < -0.4 is 0 Å². The van der Waals surface area contributed by atoms with Crippen LogP contribution in [0.4, 0.5) is 0 Å². The second-order valence-corrected chi connectivity index (χ2v) is 6.63. The first-order chi connectivity index (χ1) is 8.75. The van der Waals surface area contributed by atoms with Crippen molar-refractivity contribution in [2.75, 3.05) is 31.1 Å². The first kappa shape index (κ1) is 14.1. The lowest BCUT2D eigenvalue weighted by Gasteiger charge is -2.25. The SMILES string of the molecule is O=C(CCCN1CCSCC1)c1ccc(Br)cc1. The van der Waals surface area contributed by atoms with Crippen molar-refractivity contribution < 1.29 is 4.79 Å². The molecule has 1 aliphatic heterocycles. The predicted molar refractivity (Wildman–Crippen MR) is 81.5 cm³/mol. The summed E-state index contributed by atoms with van der Waals surface area (Å²) in [5.74, 6) is 2.73. The maximum absolute atomic E-state index is 12.0. The molecule has 0 aliphatic carbocycles. The summed E-state index contributed by atoms with van der Waals surface area (Å²) >= 11 is 5.40. The van der Waals surface area contributed by atoms with E-state index in [1.54, 1.807) is 0 Å². The van der Waals surface area contributed by atoms with Crippen LogP contribution in [0.1, 0.15) is 23.2 Å². The molecule has 0 spiro atoms. The Morgan fingerprint density at radius 2 is 1.89 bits per heavy atom. The maximum atomic E-state index is 12.0. The van der Waals surface area contributed by atoms with E-state index < -0.39 is 0 Å². The molecule has 0 saturated carbocycles. The fourth-order valence-corrected chi connectivity index (χ4v) is 3.31. The van der Waals surface area contributed by atoms with Crippen molar-refractivity contribution in [2.24, 2.45) is 0 Å². The third-order valence-electron chi connectivity index (χ3n) is 3.15. The van der Waals surface area contributed by atoms with Crippen molar-refractivity contribution in [2.45, 2.75) is 12.8 Å². The fourth-order valence-electron chi connectivity index (χ4n) is 2.07. The minimum atomic E-state index is 0.258. The van der Waals surface area contributed by atoms with Gasteiger partial charge in [-0.3, -0.25) is 4.79 Å². The molecule has 0 aromatic heterocycles. The van der Waals surface area contributed by atoms with E-state index in [2.05, 4.69) is 20.8 Å².